The van der Waals surface area contributed by atoms with Crippen molar-refractivity contribution in [2.24, 2.45) is 0 Å². The summed E-state index contributed by atoms with van der Waals surface area (Å²) in [6.45, 7) is 11.9. The maximum absolute atomic E-state index is 5.65. The first-order chi connectivity index (χ1) is 7.86. The molecule has 1 N–H and O–H groups in total. The van der Waals surface area contributed by atoms with E-state index in [1.807, 2.05) is 0 Å². The molecule has 1 atom stereocenters. The number of hydrogen-bond acceptors (Lipinski definition) is 4. The Kier molecular flexibility index (Phi) is 7.76. The highest BCUT2D eigenvalue weighted by Crippen LogP contribution is 2.04. The van der Waals surface area contributed by atoms with E-state index in [9.17, 15) is 0 Å². The average molecular weight is 230 g/mol. The van der Waals surface area contributed by atoms with E-state index in [2.05, 4.69) is 24.1 Å². The minimum Gasteiger partial charge on any atom is -0.377 e. The van der Waals surface area contributed by atoms with Gasteiger partial charge in [-0.2, -0.15) is 0 Å². The van der Waals surface area contributed by atoms with Crippen molar-refractivity contribution in [2.75, 3.05) is 52.5 Å². The number of likely N-dealkylation sites (N-methyl/N-ethyl adjacent to an activating group) is 1. The normalized spacial score (nSPS) is 22.5. The summed E-state index contributed by atoms with van der Waals surface area (Å²) in [6.07, 6.45) is 1.44. The highest BCUT2D eigenvalue weighted by Gasteiger charge is 2.18. The first-order valence-corrected chi connectivity index (χ1v) is 6.49. The van der Waals surface area contributed by atoms with Gasteiger partial charge in [-0.05, 0) is 19.5 Å². The van der Waals surface area contributed by atoms with Gasteiger partial charge in [-0.25, -0.2) is 0 Å². The van der Waals surface area contributed by atoms with Crippen LogP contribution in [0.5, 0.6) is 0 Å². The van der Waals surface area contributed by atoms with Crippen LogP contribution in [0.15, 0.2) is 0 Å². The fraction of sp³-hybridized carbons (Fsp3) is 1.00. The molecule has 1 heterocycles. The molecule has 1 aliphatic rings. The van der Waals surface area contributed by atoms with E-state index in [-0.39, 0.29) is 6.10 Å². The molecule has 1 rings (SSSR count). The van der Waals surface area contributed by atoms with Crippen molar-refractivity contribution in [1.82, 2.24) is 10.2 Å². The second-order valence-electron chi connectivity index (χ2n) is 4.21. The van der Waals surface area contributed by atoms with E-state index < -0.39 is 0 Å². The molecule has 16 heavy (non-hydrogen) atoms. The summed E-state index contributed by atoms with van der Waals surface area (Å²) in [7, 11) is 0. The van der Waals surface area contributed by atoms with Crippen LogP contribution in [0.3, 0.4) is 0 Å². The van der Waals surface area contributed by atoms with Crippen molar-refractivity contribution in [3.63, 3.8) is 0 Å². The lowest BCUT2D eigenvalue weighted by atomic mass is 10.3. The van der Waals surface area contributed by atoms with Crippen molar-refractivity contribution in [1.29, 1.82) is 0 Å². The summed E-state index contributed by atoms with van der Waals surface area (Å²) in [5.41, 5.74) is 0. The van der Waals surface area contributed by atoms with Gasteiger partial charge in [0, 0.05) is 19.6 Å². The topological polar surface area (TPSA) is 33.7 Å². The number of morpholine rings is 1. The predicted octanol–water partition coefficient (Wildman–Crippen LogP) is 0.723. The van der Waals surface area contributed by atoms with Crippen LogP contribution >= 0.6 is 0 Å². The van der Waals surface area contributed by atoms with Gasteiger partial charge in [0.15, 0.2) is 0 Å². The third-order valence-electron chi connectivity index (χ3n) is 2.82. The Morgan fingerprint density at radius 2 is 2.25 bits per heavy atom. The maximum Gasteiger partial charge on any atom is 0.0935 e. The summed E-state index contributed by atoms with van der Waals surface area (Å²) in [6, 6.07) is 0. The van der Waals surface area contributed by atoms with Crippen molar-refractivity contribution in [3.8, 4) is 0 Å². The van der Waals surface area contributed by atoms with Crippen molar-refractivity contribution in [2.45, 2.75) is 26.4 Å². The molecule has 0 aromatic heterocycles. The van der Waals surface area contributed by atoms with Gasteiger partial charge in [0.1, 0.15) is 0 Å². The van der Waals surface area contributed by atoms with Crippen LogP contribution in [0.4, 0.5) is 0 Å². The van der Waals surface area contributed by atoms with Crippen LogP contribution in [0, 0.1) is 0 Å². The summed E-state index contributed by atoms with van der Waals surface area (Å²) < 4.78 is 11.2. The molecule has 0 aromatic rings. The van der Waals surface area contributed by atoms with E-state index in [0.717, 1.165) is 52.5 Å². The van der Waals surface area contributed by atoms with Gasteiger partial charge in [-0.1, -0.05) is 13.8 Å². The summed E-state index contributed by atoms with van der Waals surface area (Å²) in [5, 5.41) is 3.32. The molecule has 4 heteroatoms. The first kappa shape index (κ1) is 13.9. The quantitative estimate of drug-likeness (QED) is 0.623. The number of rotatable bonds is 8. The fourth-order valence-corrected chi connectivity index (χ4v) is 1.83. The molecule has 1 unspecified atom stereocenters. The zero-order valence-electron chi connectivity index (χ0n) is 10.7. The van der Waals surface area contributed by atoms with Crippen LogP contribution in [0.1, 0.15) is 20.3 Å². The molecule has 1 saturated heterocycles. The van der Waals surface area contributed by atoms with Crippen LogP contribution in [0.2, 0.25) is 0 Å². The smallest absolute Gasteiger partial charge is 0.0935 e. The molecule has 0 radical (unpaired) electrons. The first-order valence-electron chi connectivity index (χ1n) is 6.49. The molecule has 96 valence electrons. The largest absolute Gasteiger partial charge is 0.377 e. The Bertz CT molecular complexity index is 167. The van der Waals surface area contributed by atoms with Gasteiger partial charge in [0.05, 0.1) is 25.9 Å². The highest BCUT2D eigenvalue weighted by atomic mass is 16.5. The summed E-state index contributed by atoms with van der Waals surface area (Å²) >= 11 is 0. The third kappa shape index (κ3) is 5.80. The van der Waals surface area contributed by atoms with Crippen molar-refractivity contribution < 1.29 is 9.47 Å². The molecule has 0 bridgehead atoms. The van der Waals surface area contributed by atoms with Crippen LogP contribution in [-0.4, -0.2) is 63.5 Å². The van der Waals surface area contributed by atoms with E-state index >= 15 is 0 Å². The minimum atomic E-state index is 0.264. The second kappa shape index (κ2) is 8.93. The number of nitrogens with one attached hydrogen (secondary N) is 1. The van der Waals surface area contributed by atoms with Gasteiger partial charge in [-0.15, -0.1) is 0 Å². The maximum atomic E-state index is 5.65. The number of hydrogen-bond donors (Lipinski definition) is 1. The molecule has 0 aliphatic carbocycles. The third-order valence-corrected chi connectivity index (χ3v) is 2.82. The van der Waals surface area contributed by atoms with Gasteiger partial charge in [0.25, 0.3) is 0 Å². The predicted molar refractivity (Wildman–Crippen MR) is 65.8 cm³/mol. The summed E-state index contributed by atoms with van der Waals surface area (Å²) in [4.78, 5) is 2.41. The molecular formula is C12H26N2O2. The molecule has 0 aromatic carbocycles. The van der Waals surface area contributed by atoms with E-state index in [0.29, 0.717) is 0 Å². The Labute approximate surface area is 99.3 Å². The van der Waals surface area contributed by atoms with Gasteiger partial charge in [-0.3, -0.25) is 4.90 Å². The molecule has 4 nitrogen and oxygen atoms in total. The SMILES string of the molecule is CCCNCCOCC1CN(CC)CCO1. The zero-order chi connectivity index (χ0) is 11.6. The van der Waals surface area contributed by atoms with Crippen molar-refractivity contribution in [3.05, 3.63) is 0 Å². The van der Waals surface area contributed by atoms with Crippen molar-refractivity contribution >= 4 is 0 Å². The molecular weight excluding hydrogens is 204 g/mol. The molecule has 0 saturated carbocycles. The average Bonchev–Trinajstić information content (AvgIpc) is 2.34. The molecule has 0 amide bonds. The Hall–Kier alpha value is -0.160. The molecule has 1 aliphatic heterocycles. The number of nitrogens with zero attached hydrogens (tertiary/aromatic N) is 1. The number of ether oxygens (including phenoxy) is 2. The fourth-order valence-electron chi connectivity index (χ4n) is 1.83. The lowest BCUT2D eigenvalue weighted by Gasteiger charge is -2.31. The van der Waals surface area contributed by atoms with Gasteiger partial charge < -0.3 is 14.8 Å². The lowest BCUT2D eigenvalue weighted by Crippen LogP contribution is -2.44. The van der Waals surface area contributed by atoms with Gasteiger partial charge in [0.2, 0.25) is 0 Å². The van der Waals surface area contributed by atoms with Gasteiger partial charge >= 0.3 is 0 Å². The van der Waals surface area contributed by atoms with Crippen LogP contribution < -0.4 is 5.32 Å². The van der Waals surface area contributed by atoms with Crippen LogP contribution in [-0.2, 0) is 9.47 Å². The molecule has 0 spiro atoms. The standard InChI is InChI=1S/C12H26N2O2/c1-3-5-13-6-8-15-11-12-10-14(4-2)7-9-16-12/h12-13H,3-11H2,1-2H3. The molecule has 1 fully saturated rings. The van der Waals surface area contributed by atoms with E-state index in [1.54, 1.807) is 0 Å². The Morgan fingerprint density at radius 1 is 1.38 bits per heavy atom. The van der Waals surface area contributed by atoms with E-state index in [1.165, 1.54) is 6.42 Å². The highest BCUT2D eigenvalue weighted by molar-refractivity contribution is 4.69. The Balaban J connectivity index is 1.95. The summed E-state index contributed by atoms with van der Waals surface area (Å²) in [5.74, 6) is 0. The second-order valence-corrected chi connectivity index (χ2v) is 4.21. The lowest BCUT2D eigenvalue weighted by molar-refractivity contribution is -0.0673. The monoisotopic (exact) mass is 230 g/mol. The minimum absolute atomic E-state index is 0.264. The Morgan fingerprint density at radius 3 is 3.00 bits per heavy atom. The zero-order valence-corrected chi connectivity index (χ0v) is 10.7. The van der Waals surface area contributed by atoms with E-state index in [4.69, 9.17) is 9.47 Å². The van der Waals surface area contributed by atoms with Crippen LogP contribution in [0.25, 0.3) is 0 Å².